The number of hydrogen-bond donors (Lipinski definition) is 0. The highest BCUT2D eigenvalue weighted by Crippen LogP contribution is 2.51. The zero-order valence-corrected chi connectivity index (χ0v) is 12.3. The molecule has 0 aromatic heterocycles. The highest BCUT2D eigenvalue weighted by Gasteiger charge is 2.58. The summed E-state index contributed by atoms with van der Waals surface area (Å²) in [5.41, 5.74) is 1.60. The standard InChI is InChI=1S/C13H28NSi/c1-13(2)12(15(3,4)5)8-11-14(13)9-6-7-10-14/h12H,6-11H2,1-5H3/q+1/t12-/m0/s1. The van der Waals surface area contributed by atoms with Crippen molar-refractivity contribution in [3.8, 4) is 0 Å². The predicted molar refractivity (Wildman–Crippen MR) is 69.9 cm³/mol. The van der Waals surface area contributed by atoms with Gasteiger partial charge in [0.15, 0.2) is 0 Å². The molecule has 0 aliphatic carbocycles. The Kier molecular flexibility index (Phi) is 2.59. The molecule has 1 spiro atoms. The van der Waals surface area contributed by atoms with Crippen molar-refractivity contribution < 1.29 is 4.48 Å². The fourth-order valence-corrected chi connectivity index (χ4v) is 7.97. The Hall–Kier alpha value is 0.177. The topological polar surface area (TPSA) is 0 Å². The van der Waals surface area contributed by atoms with Gasteiger partial charge in [0.1, 0.15) is 0 Å². The lowest BCUT2D eigenvalue weighted by Crippen LogP contribution is -2.59. The summed E-state index contributed by atoms with van der Waals surface area (Å²) in [7, 11) is -0.969. The number of hydrogen-bond acceptors (Lipinski definition) is 0. The Morgan fingerprint density at radius 3 is 1.93 bits per heavy atom. The first-order chi connectivity index (χ1) is 6.80. The Morgan fingerprint density at radius 1 is 1.00 bits per heavy atom. The van der Waals surface area contributed by atoms with E-state index in [9.17, 15) is 0 Å². The minimum Gasteiger partial charge on any atom is -0.319 e. The first-order valence-corrected chi connectivity index (χ1v) is 10.2. The van der Waals surface area contributed by atoms with Gasteiger partial charge in [-0.2, -0.15) is 0 Å². The molecule has 0 amide bonds. The van der Waals surface area contributed by atoms with Gasteiger partial charge in [-0.3, -0.25) is 0 Å². The summed E-state index contributed by atoms with van der Waals surface area (Å²) in [6, 6.07) is 0. The minimum atomic E-state index is -0.969. The predicted octanol–water partition coefficient (Wildman–Crippen LogP) is 3.49. The molecular formula is C13H28NSi+. The van der Waals surface area contributed by atoms with E-state index in [0.29, 0.717) is 5.54 Å². The van der Waals surface area contributed by atoms with E-state index in [1.165, 1.54) is 43.4 Å². The lowest BCUT2D eigenvalue weighted by atomic mass is 9.99. The van der Waals surface area contributed by atoms with Gasteiger partial charge in [-0.25, -0.2) is 0 Å². The van der Waals surface area contributed by atoms with Gasteiger partial charge in [0.05, 0.1) is 33.2 Å². The SMILES string of the molecule is CC1(C)[C@@H]([Si](C)(C)C)CC[N+]12CCCC2. The highest BCUT2D eigenvalue weighted by atomic mass is 28.3. The Bertz CT molecular complexity index is 246. The molecule has 0 bridgehead atoms. The van der Waals surface area contributed by atoms with Crippen LogP contribution in [0.2, 0.25) is 25.2 Å². The lowest BCUT2D eigenvalue weighted by molar-refractivity contribution is -0.949. The van der Waals surface area contributed by atoms with E-state index >= 15 is 0 Å². The van der Waals surface area contributed by atoms with Crippen molar-refractivity contribution in [2.24, 2.45) is 0 Å². The van der Waals surface area contributed by atoms with Crippen molar-refractivity contribution in [3.63, 3.8) is 0 Å². The van der Waals surface area contributed by atoms with E-state index in [2.05, 4.69) is 33.5 Å². The maximum absolute atomic E-state index is 2.57. The highest BCUT2D eigenvalue weighted by molar-refractivity contribution is 6.77. The van der Waals surface area contributed by atoms with Gasteiger partial charge in [-0.1, -0.05) is 19.6 Å². The third-order valence-corrected chi connectivity index (χ3v) is 8.47. The smallest absolute Gasteiger partial charge is 0.0941 e. The molecule has 0 aromatic carbocycles. The minimum absolute atomic E-state index is 0.570. The molecular weight excluding hydrogens is 198 g/mol. The van der Waals surface area contributed by atoms with E-state index in [1.54, 1.807) is 0 Å². The van der Waals surface area contributed by atoms with Crippen LogP contribution in [0.4, 0.5) is 0 Å². The van der Waals surface area contributed by atoms with Crippen LogP contribution in [0.5, 0.6) is 0 Å². The van der Waals surface area contributed by atoms with Gasteiger partial charge < -0.3 is 4.48 Å². The molecule has 2 fully saturated rings. The molecule has 1 nitrogen and oxygen atoms in total. The summed E-state index contributed by atoms with van der Waals surface area (Å²) in [5, 5.41) is 0. The number of rotatable bonds is 1. The second-order valence-corrected chi connectivity index (χ2v) is 12.8. The molecule has 88 valence electrons. The van der Waals surface area contributed by atoms with Crippen LogP contribution in [0.1, 0.15) is 33.1 Å². The Morgan fingerprint density at radius 2 is 1.53 bits per heavy atom. The van der Waals surface area contributed by atoms with Crippen molar-refractivity contribution in [2.45, 2.75) is 63.8 Å². The zero-order valence-electron chi connectivity index (χ0n) is 11.3. The summed E-state index contributed by atoms with van der Waals surface area (Å²) in [6.45, 7) is 17.2. The van der Waals surface area contributed by atoms with Crippen molar-refractivity contribution in [1.82, 2.24) is 0 Å². The van der Waals surface area contributed by atoms with Crippen molar-refractivity contribution in [3.05, 3.63) is 0 Å². The van der Waals surface area contributed by atoms with Crippen molar-refractivity contribution in [1.29, 1.82) is 0 Å². The number of nitrogens with zero attached hydrogens (tertiary/aromatic N) is 1. The fraction of sp³-hybridized carbons (Fsp3) is 1.00. The zero-order chi connectivity index (χ0) is 11.3. The van der Waals surface area contributed by atoms with E-state index in [1.807, 2.05) is 0 Å². The van der Waals surface area contributed by atoms with Crippen LogP contribution >= 0.6 is 0 Å². The van der Waals surface area contributed by atoms with Crippen molar-refractivity contribution in [2.75, 3.05) is 19.6 Å². The summed E-state index contributed by atoms with van der Waals surface area (Å²) < 4.78 is 1.46. The van der Waals surface area contributed by atoms with E-state index < -0.39 is 8.07 Å². The van der Waals surface area contributed by atoms with Gasteiger partial charge in [0.25, 0.3) is 0 Å². The molecule has 0 unspecified atom stereocenters. The van der Waals surface area contributed by atoms with Crippen LogP contribution < -0.4 is 0 Å². The molecule has 1 atom stereocenters. The van der Waals surface area contributed by atoms with Gasteiger partial charge in [0.2, 0.25) is 0 Å². The average Bonchev–Trinajstić information content (AvgIpc) is 2.59. The first-order valence-electron chi connectivity index (χ1n) is 6.66. The third-order valence-electron chi connectivity index (χ3n) is 5.39. The summed E-state index contributed by atoms with van der Waals surface area (Å²) in [5.74, 6) is 0. The quantitative estimate of drug-likeness (QED) is 0.474. The lowest BCUT2D eigenvalue weighted by Gasteiger charge is -2.47. The van der Waals surface area contributed by atoms with Crippen LogP contribution in [0.15, 0.2) is 0 Å². The average molecular weight is 226 g/mol. The molecule has 2 aliphatic rings. The molecule has 0 saturated carbocycles. The Balaban J connectivity index is 2.28. The van der Waals surface area contributed by atoms with Crippen LogP contribution in [0, 0.1) is 0 Å². The molecule has 2 heteroatoms. The van der Waals surface area contributed by atoms with Crippen LogP contribution in [0.3, 0.4) is 0 Å². The summed E-state index contributed by atoms with van der Waals surface area (Å²) >= 11 is 0. The normalized spacial score (nSPS) is 33.8. The van der Waals surface area contributed by atoms with Crippen LogP contribution in [-0.2, 0) is 0 Å². The van der Waals surface area contributed by atoms with E-state index in [4.69, 9.17) is 0 Å². The molecule has 2 saturated heterocycles. The van der Waals surface area contributed by atoms with E-state index in [-0.39, 0.29) is 0 Å². The van der Waals surface area contributed by atoms with Gasteiger partial charge in [-0.05, 0) is 13.8 Å². The third kappa shape index (κ3) is 1.61. The van der Waals surface area contributed by atoms with Crippen molar-refractivity contribution >= 4 is 8.07 Å². The molecule has 2 rings (SSSR count). The van der Waals surface area contributed by atoms with Gasteiger partial charge in [0, 0.05) is 24.8 Å². The fourth-order valence-electron chi connectivity index (χ4n) is 4.58. The van der Waals surface area contributed by atoms with Gasteiger partial charge >= 0.3 is 0 Å². The maximum atomic E-state index is 2.57. The second kappa shape index (κ2) is 3.33. The first kappa shape index (κ1) is 11.7. The number of quaternary nitrogens is 1. The Labute approximate surface area is 96.5 Å². The molecule has 0 N–H and O–H groups in total. The summed E-state index contributed by atoms with van der Waals surface area (Å²) in [6.07, 6.45) is 4.45. The molecule has 2 heterocycles. The van der Waals surface area contributed by atoms with Crippen LogP contribution in [-0.4, -0.2) is 37.7 Å². The molecule has 0 aromatic rings. The second-order valence-electron chi connectivity index (χ2n) is 7.38. The molecule has 15 heavy (non-hydrogen) atoms. The summed E-state index contributed by atoms with van der Waals surface area (Å²) in [4.78, 5) is 0. The van der Waals surface area contributed by atoms with E-state index in [0.717, 1.165) is 5.54 Å². The van der Waals surface area contributed by atoms with Crippen LogP contribution in [0.25, 0.3) is 0 Å². The maximum Gasteiger partial charge on any atom is 0.0941 e. The molecule has 2 aliphatic heterocycles. The largest absolute Gasteiger partial charge is 0.319 e. The monoisotopic (exact) mass is 226 g/mol. The van der Waals surface area contributed by atoms with Gasteiger partial charge in [-0.15, -0.1) is 0 Å². The molecule has 0 radical (unpaired) electrons.